The zero-order chi connectivity index (χ0) is 11.3. The van der Waals surface area contributed by atoms with Crippen LogP contribution in [0.3, 0.4) is 0 Å². The van der Waals surface area contributed by atoms with E-state index in [1.165, 1.54) is 0 Å². The number of hydrogen-bond acceptors (Lipinski definition) is 4. The maximum absolute atomic E-state index is 9.06. The molecule has 0 aliphatic heterocycles. The lowest BCUT2D eigenvalue weighted by Crippen LogP contribution is -2.23. The van der Waals surface area contributed by atoms with Gasteiger partial charge in [0.15, 0.2) is 0 Å². The lowest BCUT2D eigenvalue weighted by Gasteiger charge is -2.15. The largest absolute Gasteiger partial charge is 0.394 e. The minimum Gasteiger partial charge on any atom is -0.394 e. The van der Waals surface area contributed by atoms with Crippen LogP contribution < -0.4 is 5.32 Å². The van der Waals surface area contributed by atoms with Crippen LogP contribution in [0.25, 0.3) is 0 Å². The van der Waals surface area contributed by atoms with E-state index in [1.807, 2.05) is 13.0 Å². The molecule has 0 bridgehead atoms. The molecule has 0 spiro atoms. The molecule has 4 nitrogen and oxygen atoms in total. The third-order valence-electron chi connectivity index (χ3n) is 2.34. The van der Waals surface area contributed by atoms with Crippen molar-refractivity contribution in [2.24, 2.45) is 0 Å². The molecule has 2 N–H and O–H groups in total. The van der Waals surface area contributed by atoms with E-state index < -0.39 is 0 Å². The number of nitrogens with one attached hydrogen (secondary N) is 1. The molecule has 0 saturated carbocycles. The van der Waals surface area contributed by atoms with Gasteiger partial charge in [-0.2, -0.15) is 0 Å². The average molecular weight is 209 g/mol. The third kappa shape index (κ3) is 3.47. The summed E-state index contributed by atoms with van der Waals surface area (Å²) in [5.74, 6) is 1.18. The van der Waals surface area contributed by atoms with Gasteiger partial charge in [0, 0.05) is 11.8 Å². The van der Waals surface area contributed by atoms with Gasteiger partial charge in [-0.05, 0) is 12.3 Å². The van der Waals surface area contributed by atoms with Crippen LogP contribution in [-0.2, 0) is 0 Å². The minimum atomic E-state index is 0.0694. The molecule has 0 aromatic carbocycles. The van der Waals surface area contributed by atoms with Gasteiger partial charge >= 0.3 is 0 Å². The number of hydrogen-bond donors (Lipinski definition) is 2. The van der Waals surface area contributed by atoms with Crippen LogP contribution in [0.2, 0.25) is 0 Å². The Morgan fingerprint density at radius 3 is 2.67 bits per heavy atom. The average Bonchev–Trinajstić information content (AvgIpc) is 2.26. The van der Waals surface area contributed by atoms with E-state index in [1.54, 1.807) is 6.33 Å². The quantitative estimate of drug-likeness (QED) is 0.776. The van der Waals surface area contributed by atoms with E-state index in [2.05, 4.69) is 29.1 Å². The highest BCUT2D eigenvalue weighted by atomic mass is 16.3. The summed E-state index contributed by atoms with van der Waals surface area (Å²) in [6, 6.07) is 2.00. The van der Waals surface area contributed by atoms with Crippen LogP contribution in [0.4, 0.5) is 5.82 Å². The summed E-state index contributed by atoms with van der Waals surface area (Å²) in [5, 5.41) is 12.2. The molecule has 0 saturated heterocycles. The maximum Gasteiger partial charge on any atom is 0.129 e. The minimum absolute atomic E-state index is 0.0694. The van der Waals surface area contributed by atoms with E-state index >= 15 is 0 Å². The van der Waals surface area contributed by atoms with Crippen LogP contribution in [0.1, 0.15) is 38.8 Å². The van der Waals surface area contributed by atoms with Crippen LogP contribution in [-0.4, -0.2) is 27.7 Å². The first-order valence-corrected chi connectivity index (χ1v) is 5.36. The van der Waals surface area contributed by atoms with E-state index in [9.17, 15) is 0 Å². The van der Waals surface area contributed by atoms with Crippen molar-refractivity contribution in [3.63, 3.8) is 0 Å². The van der Waals surface area contributed by atoms with Crippen molar-refractivity contribution in [2.45, 2.75) is 39.2 Å². The molecule has 1 unspecified atom stereocenters. The second-order valence-corrected chi connectivity index (χ2v) is 3.91. The smallest absolute Gasteiger partial charge is 0.129 e. The Bertz CT molecular complexity index is 298. The van der Waals surface area contributed by atoms with Gasteiger partial charge in [0.25, 0.3) is 0 Å². The fourth-order valence-corrected chi connectivity index (χ4v) is 1.25. The van der Waals surface area contributed by atoms with E-state index in [0.29, 0.717) is 5.92 Å². The lowest BCUT2D eigenvalue weighted by molar-refractivity contribution is 0.271. The Balaban J connectivity index is 2.72. The van der Waals surface area contributed by atoms with Crippen molar-refractivity contribution >= 4 is 5.82 Å². The topological polar surface area (TPSA) is 58.0 Å². The van der Waals surface area contributed by atoms with Crippen LogP contribution in [0.15, 0.2) is 12.4 Å². The zero-order valence-corrected chi connectivity index (χ0v) is 9.57. The van der Waals surface area contributed by atoms with E-state index in [0.717, 1.165) is 17.9 Å². The number of anilines is 1. The molecule has 1 atom stereocenters. The molecule has 1 heterocycles. The van der Waals surface area contributed by atoms with Gasteiger partial charge in [-0.15, -0.1) is 0 Å². The summed E-state index contributed by atoms with van der Waals surface area (Å²) in [6.07, 6.45) is 2.43. The molecule has 15 heavy (non-hydrogen) atoms. The first kappa shape index (κ1) is 11.9. The molecular weight excluding hydrogens is 190 g/mol. The second-order valence-electron chi connectivity index (χ2n) is 3.91. The monoisotopic (exact) mass is 209 g/mol. The Morgan fingerprint density at radius 1 is 1.40 bits per heavy atom. The SMILES string of the molecule is CCC(CO)Nc1cc(C(C)C)ncn1. The fraction of sp³-hybridized carbons (Fsp3) is 0.636. The third-order valence-corrected chi connectivity index (χ3v) is 2.34. The first-order chi connectivity index (χ1) is 7.17. The van der Waals surface area contributed by atoms with Gasteiger partial charge in [-0.1, -0.05) is 20.8 Å². The highest BCUT2D eigenvalue weighted by Gasteiger charge is 2.07. The Morgan fingerprint density at radius 2 is 2.13 bits per heavy atom. The van der Waals surface area contributed by atoms with Crippen molar-refractivity contribution < 1.29 is 5.11 Å². The summed E-state index contributed by atoms with van der Waals surface area (Å²) in [7, 11) is 0. The van der Waals surface area contributed by atoms with Gasteiger partial charge in [-0.3, -0.25) is 0 Å². The molecule has 0 amide bonds. The Hall–Kier alpha value is -1.16. The summed E-state index contributed by atoms with van der Waals surface area (Å²) >= 11 is 0. The number of aliphatic hydroxyl groups is 1. The number of aromatic nitrogens is 2. The molecule has 0 fully saturated rings. The molecule has 0 aliphatic rings. The standard InChI is InChI=1S/C11H19N3O/c1-4-9(6-15)14-11-5-10(8(2)3)12-7-13-11/h5,7-9,15H,4,6H2,1-3H3,(H,12,13,14). The molecule has 84 valence electrons. The van der Waals surface area contributed by atoms with E-state index in [4.69, 9.17) is 5.11 Å². The van der Waals surface area contributed by atoms with Gasteiger partial charge in [0.05, 0.1) is 12.6 Å². The van der Waals surface area contributed by atoms with Crippen molar-refractivity contribution in [1.29, 1.82) is 0 Å². The van der Waals surface area contributed by atoms with Crippen molar-refractivity contribution in [3.8, 4) is 0 Å². The molecule has 0 radical (unpaired) electrons. The maximum atomic E-state index is 9.06. The predicted molar refractivity (Wildman–Crippen MR) is 60.9 cm³/mol. The van der Waals surface area contributed by atoms with Gasteiger partial charge in [0.1, 0.15) is 12.1 Å². The van der Waals surface area contributed by atoms with Crippen LogP contribution in [0.5, 0.6) is 0 Å². The van der Waals surface area contributed by atoms with Gasteiger partial charge in [-0.25, -0.2) is 9.97 Å². The summed E-state index contributed by atoms with van der Waals surface area (Å²) < 4.78 is 0. The molecule has 1 aromatic heterocycles. The molecule has 0 aliphatic carbocycles. The normalized spacial score (nSPS) is 12.9. The molecular formula is C11H19N3O. The van der Waals surface area contributed by atoms with Crippen molar-refractivity contribution in [2.75, 3.05) is 11.9 Å². The number of nitrogens with zero attached hydrogens (tertiary/aromatic N) is 2. The Labute approximate surface area is 90.8 Å². The van der Waals surface area contributed by atoms with Crippen molar-refractivity contribution in [1.82, 2.24) is 9.97 Å². The number of aliphatic hydroxyl groups excluding tert-OH is 1. The first-order valence-electron chi connectivity index (χ1n) is 5.36. The van der Waals surface area contributed by atoms with Gasteiger partial charge < -0.3 is 10.4 Å². The fourth-order valence-electron chi connectivity index (χ4n) is 1.25. The van der Waals surface area contributed by atoms with Crippen molar-refractivity contribution in [3.05, 3.63) is 18.1 Å². The molecule has 4 heteroatoms. The highest BCUT2D eigenvalue weighted by molar-refractivity contribution is 5.36. The van der Waals surface area contributed by atoms with Gasteiger partial charge in [0.2, 0.25) is 0 Å². The summed E-state index contributed by atoms with van der Waals surface area (Å²) in [4.78, 5) is 8.31. The summed E-state index contributed by atoms with van der Waals surface area (Å²) in [5.41, 5.74) is 1.01. The zero-order valence-electron chi connectivity index (χ0n) is 9.57. The lowest BCUT2D eigenvalue weighted by atomic mass is 10.1. The summed E-state index contributed by atoms with van der Waals surface area (Å²) in [6.45, 7) is 6.33. The number of rotatable bonds is 5. The Kier molecular flexibility index (Phi) is 4.49. The highest BCUT2D eigenvalue weighted by Crippen LogP contribution is 2.14. The second kappa shape index (κ2) is 5.66. The predicted octanol–water partition coefficient (Wildman–Crippen LogP) is 1.78. The molecule has 1 aromatic rings. The molecule has 1 rings (SSSR count). The van der Waals surface area contributed by atoms with Crippen LogP contribution >= 0.6 is 0 Å². The van der Waals surface area contributed by atoms with E-state index in [-0.39, 0.29) is 12.6 Å². The van der Waals surface area contributed by atoms with Crippen LogP contribution in [0, 0.1) is 0 Å².